The van der Waals surface area contributed by atoms with E-state index >= 15 is 0 Å². The van der Waals surface area contributed by atoms with Gasteiger partial charge in [-0.05, 0) is 56.8 Å². The van der Waals surface area contributed by atoms with E-state index in [0.29, 0.717) is 11.8 Å². The van der Waals surface area contributed by atoms with Crippen molar-refractivity contribution in [2.24, 2.45) is 23.7 Å². The highest BCUT2D eigenvalue weighted by Gasteiger charge is 2.48. The predicted octanol–water partition coefficient (Wildman–Crippen LogP) is 2.29. The maximum atomic E-state index is 12.2. The molecule has 0 saturated heterocycles. The van der Waals surface area contributed by atoms with Gasteiger partial charge in [-0.1, -0.05) is 0 Å². The van der Waals surface area contributed by atoms with Gasteiger partial charge in [0, 0.05) is 19.0 Å². The molecule has 3 rings (SSSR count). The fraction of sp³-hybridized carbons (Fsp3) is 0.923. The Balaban J connectivity index is 1.56. The number of fused-ring (bicyclic) bond motifs is 1. The van der Waals surface area contributed by atoms with Gasteiger partial charge in [0.25, 0.3) is 0 Å². The van der Waals surface area contributed by atoms with Gasteiger partial charge in [0.05, 0.1) is 0 Å². The van der Waals surface area contributed by atoms with Gasteiger partial charge in [-0.3, -0.25) is 4.79 Å². The maximum absolute atomic E-state index is 12.2. The lowest BCUT2D eigenvalue weighted by molar-refractivity contribution is -0.135. The Morgan fingerprint density at radius 2 is 1.87 bits per heavy atom. The minimum Gasteiger partial charge on any atom is -0.342 e. The normalized spacial score (nSPS) is 37.5. The van der Waals surface area contributed by atoms with E-state index in [4.69, 9.17) is 0 Å². The molecule has 3 fully saturated rings. The van der Waals surface area contributed by atoms with Crippen LogP contribution in [-0.4, -0.2) is 23.9 Å². The first kappa shape index (κ1) is 9.68. The summed E-state index contributed by atoms with van der Waals surface area (Å²) in [4.78, 5) is 14.3. The summed E-state index contributed by atoms with van der Waals surface area (Å²) >= 11 is 0. The average Bonchev–Trinajstić information content (AvgIpc) is 3.16. The third kappa shape index (κ3) is 1.91. The van der Waals surface area contributed by atoms with E-state index in [0.717, 1.165) is 30.8 Å². The largest absolute Gasteiger partial charge is 0.342 e. The van der Waals surface area contributed by atoms with E-state index in [1.807, 2.05) is 0 Å². The van der Waals surface area contributed by atoms with E-state index < -0.39 is 0 Å². The maximum Gasteiger partial charge on any atom is 0.225 e. The first-order chi connectivity index (χ1) is 7.28. The molecule has 15 heavy (non-hydrogen) atoms. The van der Waals surface area contributed by atoms with E-state index in [9.17, 15) is 4.79 Å². The number of hydrogen-bond donors (Lipinski definition) is 0. The molecule has 3 aliphatic rings. The molecule has 2 unspecified atom stereocenters. The lowest BCUT2D eigenvalue weighted by atomic mass is 10.0. The van der Waals surface area contributed by atoms with Crippen LogP contribution in [0.3, 0.4) is 0 Å². The van der Waals surface area contributed by atoms with Crippen molar-refractivity contribution in [2.75, 3.05) is 13.1 Å². The number of nitrogens with zero attached hydrogens (tertiary/aromatic N) is 1. The highest BCUT2D eigenvalue weighted by atomic mass is 16.2. The van der Waals surface area contributed by atoms with Crippen molar-refractivity contribution in [1.82, 2.24) is 4.90 Å². The Morgan fingerprint density at radius 1 is 1.20 bits per heavy atom. The fourth-order valence-electron chi connectivity index (χ4n) is 3.16. The van der Waals surface area contributed by atoms with Crippen molar-refractivity contribution in [3.8, 4) is 0 Å². The summed E-state index contributed by atoms with van der Waals surface area (Å²) in [6.45, 7) is 4.08. The lowest BCUT2D eigenvalue weighted by Gasteiger charge is -2.24. The van der Waals surface area contributed by atoms with Crippen LogP contribution >= 0.6 is 0 Å². The standard InChI is InChI=1S/C13H21NO/c1-2-14(8-9-3-4-9)13(15)12-6-10-5-11(10)7-12/h9-12H,2-8H2,1H3. The van der Waals surface area contributed by atoms with E-state index in [2.05, 4.69) is 11.8 Å². The number of carbonyl (C=O) groups excluding carboxylic acids is 1. The molecule has 0 spiro atoms. The van der Waals surface area contributed by atoms with E-state index in [1.165, 1.54) is 32.1 Å². The van der Waals surface area contributed by atoms with Crippen molar-refractivity contribution >= 4 is 5.91 Å². The van der Waals surface area contributed by atoms with Crippen molar-refractivity contribution in [3.63, 3.8) is 0 Å². The fourth-order valence-corrected chi connectivity index (χ4v) is 3.16. The topological polar surface area (TPSA) is 20.3 Å². The molecular weight excluding hydrogens is 186 g/mol. The third-order valence-electron chi connectivity index (χ3n) is 4.46. The Hall–Kier alpha value is -0.530. The van der Waals surface area contributed by atoms with Crippen molar-refractivity contribution in [2.45, 2.75) is 39.0 Å². The van der Waals surface area contributed by atoms with Crippen LogP contribution in [-0.2, 0) is 4.79 Å². The lowest BCUT2D eigenvalue weighted by Crippen LogP contribution is -2.37. The molecular formula is C13H21NO. The highest BCUT2D eigenvalue weighted by molar-refractivity contribution is 5.79. The van der Waals surface area contributed by atoms with Gasteiger partial charge in [0.1, 0.15) is 0 Å². The van der Waals surface area contributed by atoms with Crippen LogP contribution in [0, 0.1) is 23.7 Å². The summed E-state index contributed by atoms with van der Waals surface area (Å²) in [7, 11) is 0. The van der Waals surface area contributed by atoms with Crippen LogP contribution in [0.2, 0.25) is 0 Å². The molecule has 0 radical (unpaired) electrons. The highest BCUT2D eigenvalue weighted by Crippen LogP contribution is 2.54. The van der Waals surface area contributed by atoms with Crippen LogP contribution in [0.4, 0.5) is 0 Å². The van der Waals surface area contributed by atoms with Gasteiger partial charge in [0.15, 0.2) is 0 Å². The Kier molecular flexibility index (Phi) is 2.26. The molecule has 0 aromatic heterocycles. The van der Waals surface area contributed by atoms with E-state index in [-0.39, 0.29) is 0 Å². The SMILES string of the molecule is CCN(CC1CC1)C(=O)C1CC2CC2C1. The van der Waals surface area contributed by atoms with Gasteiger partial charge in [-0.2, -0.15) is 0 Å². The Morgan fingerprint density at radius 3 is 2.40 bits per heavy atom. The molecule has 3 saturated carbocycles. The van der Waals surface area contributed by atoms with Crippen LogP contribution in [0.5, 0.6) is 0 Å². The van der Waals surface area contributed by atoms with Gasteiger partial charge < -0.3 is 4.90 Å². The van der Waals surface area contributed by atoms with Crippen molar-refractivity contribution < 1.29 is 4.79 Å². The Bertz CT molecular complexity index is 262. The van der Waals surface area contributed by atoms with Crippen LogP contribution in [0.25, 0.3) is 0 Å². The third-order valence-corrected chi connectivity index (χ3v) is 4.46. The molecule has 1 amide bonds. The molecule has 84 valence electrons. The van der Waals surface area contributed by atoms with Gasteiger partial charge in [-0.15, -0.1) is 0 Å². The average molecular weight is 207 g/mol. The number of carbonyl (C=O) groups is 1. The zero-order chi connectivity index (χ0) is 10.4. The molecule has 0 heterocycles. The summed E-state index contributed by atoms with van der Waals surface area (Å²) in [5.74, 6) is 3.56. The van der Waals surface area contributed by atoms with Crippen molar-refractivity contribution in [1.29, 1.82) is 0 Å². The zero-order valence-corrected chi connectivity index (χ0v) is 9.61. The molecule has 2 heteroatoms. The van der Waals surface area contributed by atoms with Crippen LogP contribution in [0.15, 0.2) is 0 Å². The molecule has 0 aromatic rings. The van der Waals surface area contributed by atoms with Crippen molar-refractivity contribution in [3.05, 3.63) is 0 Å². The summed E-state index contributed by atoms with van der Waals surface area (Å²) in [6, 6.07) is 0. The minimum atomic E-state index is 0.396. The zero-order valence-electron chi connectivity index (χ0n) is 9.61. The van der Waals surface area contributed by atoms with Gasteiger partial charge in [0.2, 0.25) is 5.91 Å². The molecule has 0 bridgehead atoms. The van der Waals surface area contributed by atoms with Gasteiger partial charge >= 0.3 is 0 Å². The number of hydrogen-bond acceptors (Lipinski definition) is 1. The van der Waals surface area contributed by atoms with Gasteiger partial charge in [-0.25, -0.2) is 0 Å². The molecule has 3 aliphatic carbocycles. The summed E-state index contributed by atoms with van der Waals surface area (Å²) in [5, 5.41) is 0. The molecule has 0 aromatic carbocycles. The predicted molar refractivity (Wildman–Crippen MR) is 59.3 cm³/mol. The second-order valence-electron chi connectivity index (χ2n) is 5.74. The molecule has 2 atom stereocenters. The minimum absolute atomic E-state index is 0.396. The molecule has 0 N–H and O–H groups in total. The second kappa shape index (κ2) is 3.50. The van der Waals surface area contributed by atoms with E-state index in [1.54, 1.807) is 0 Å². The molecule has 2 nitrogen and oxygen atoms in total. The monoisotopic (exact) mass is 207 g/mol. The molecule has 0 aliphatic heterocycles. The Labute approximate surface area is 92.0 Å². The second-order valence-corrected chi connectivity index (χ2v) is 5.74. The first-order valence-electron chi connectivity index (χ1n) is 6.56. The smallest absolute Gasteiger partial charge is 0.225 e. The summed E-state index contributed by atoms with van der Waals surface area (Å²) in [6.07, 6.45) is 6.51. The number of rotatable bonds is 4. The first-order valence-corrected chi connectivity index (χ1v) is 6.56. The number of amides is 1. The van der Waals surface area contributed by atoms with Crippen LogP contribution < -0.4 is 0 Å². The van der Waals surface area contributed by atoms with Crippen LogP contribution in [0.1, 0.15) is 39.0 Å². The summed E-state index contributed by atoms with van der Waals surface area (Å²) < 4.78 is 0. The summed E-state index contributed by atoms with van der Waals surface area (Å²) in [5.41, 5.74) is 0. The quantitative estimate of drug-likeness (QED) is 0.692.